The summed E-state index contributed by atoms with van der Waals surface area (Å²) in [6, 6.07) is 11.0. The zero-order chi connectivity index (χ0) is 21.1. The van der Waals surface area contributed by atoms with E-state index in [4.69, 9.17) is 4.78 Å². The first-order chi connectivity index (χ1) is 14.5. The van der Waals surface area contributed by atoms with Crippen LogP contribution in [0, 0.1) is 4.78 Å². The van der Waals surface area contributed by atoms with Gasteiger partial charge in [-0.25, -0.2) is 14.0 Å². The first-order valence-electron chi connectivity index (χ1n) is 9.94. The molecule has 0 aliphatic heterocycles. The highest BCUT2D eigenvalue weighted by Crippen LogP contribution is 2.35. The summed E-state index contributed by atoms with van der Waals surface area (Å²) in [7, 11) is -2.70. The van der Waals surface area contributed by atoms with E-state index in [-0.39, 0.29) is 17.9 Å². The molecule has 3 aromatic rings. The van der Waals surface area contributed by atoms with Crippen LogP contribution >= 0.6 is 11.3 Å². The third kappa shape index (κ3) is 4.48. The van der Waals surface area contributed by atoms with E-state index < -0.39 is 9.73 Å². The number of rotatable bonds is 9. The lowest BCUT2D eigenvalue weighted by atomic mass is 10.2. The van der Waals surface area contributed by atoms with Gasteiger partial charge in [0.2, 0.25) is 5.95 Å². The molecule has 9 heteroatoms. The van der Waals surface area contributed by atoms with Gasteiger partial charge in [-0.15, -0.1) is 11.3 Å². The Morgan fingerprint density at radius 3 is 2.67 bits per heavy atom. The predicted octanol–water partition coefficient (Wildman–Crippen LogP) is 4.70. The molecule has 0 unspecified atom stereocenters. The zero-order valence-electron chi connectivity index (χ0n) is 16.7. The molecule has 1 fully saturated rings. The van der Waals surface area contributed by atoms with E-state index in [1.807, 2.05) is 24.4 Å². The standard InChI is InChI=1S/C21H25N5O2S2/c1-2-14(13-27)24-20-18(19-4-3-11-29-19)12-23-21(26-20)25-15-5-7-16(8-6-15)30(22,28)17-9-10-17/h3-8,11-12,14,17,22,27H,2,9-10,13H2,1H3,(H2,23,24,25,26)/t14-,30+/m1/s1. The largest absolute Gasteiger partial charge is 0.394 e. The van der Waals surface area contributed by atoms with Gasteiger partial charge in [0.1, 0.15) is 5.82 Å². The number of anilines is 3. The normalized spacial score (nSPS) is 16.6. The molecule has 1 aliphatic rings. The van der Waals surface area contributed by atoms with Crippen molar-refractivity contribution in [2.24, 2.45) is 0 Å². The highest BCUT2D eigenvalue weighted by Gasteiger charge is 2.33. The minimum atomic E-state index is -2.70. The molecule has 2 heterocycles. The van der Waals surface area contributed by atoms with Crippen LogP contribution in [-0.4, -0.2) is 37.2 Å². The summed E-state index contributed by atoms with van der Waals surface area (Å²) in [6.07, 6.45) is 4.28. The van der Waals surface area contributed by atoms with Gasteiger partial charge in [0.05, 0.1) is 27.9 Å². The first kappa shape index (κ1) is 20.8. The molecule has 0 bridgehead atoms. The number of aliphatic hydroxyl groups is 1. The van der Waals surface area contributed by atoms with E-state index in [2.05, 4.69) is 20.6 Å². The molecule has 158 valence electrons. The van der Waals surface area contributed by atoms with Crippen LogP contribution in [0.3, 0.4) is 0 Å². The van der Waals surface area contributed by atoms with Crippen molar-refractivity contribution in [3.8, 4) is 10.4 Å². The summed E-state index contributed by atoms with van der Waals surface area (Å²) < 4.78 is 20.7. The predicted molar refractivity (Wildman–Crippen MR) is 122 cm³/mol. The topological polar surface area (TPSA) is 111 Å². The fraction of sp³-hybridized carbons (Fsp3) is 0.333. The summed E-state index contributed by atoms with van der Waals surface area (Å²) in [5.74, 6) is 1.09. The average Bonchev–Trinajstić information content (AvgIpc) is 3.49. The van der Waals surface area contributed by atoms with Crippen molar-refractivity contribution in [1.29, 1.82) is 4.78 Å². The van der Waals surface area contributed by atoms with E-state index in [0.29, 0.717) is 16.7 Å². The molecule has 2 atom stereocenters. The van der Waals surface area contributed by atoms with Crippen LogP contribution in [-0.2, 0) is 9.73 Å². The third-order valence-corrected chi connectivity index (χ3v) is 8.37. The molecule has 0 saturated heterocycles. The molecular formula is C21H25N5O2S2. The molecule has 30 heavy (non-hydrogen) atoms. The maximum absolute atomic E-state index is 12.6. The first-order valence-corrected chi connectivity index (χ1v) is 12.4. The van der Waals surface area contributed by atoms with E-state index in [9.17, 15) is 9.32 Å². The summed E-state index contributed by atoms with van der Waals surface area (Å²) in [4.78, 5) is 10.7. The minimum Gasteiger partial charge on any atom is -0.394 e. The van der Waals surface area contributed by atoms with Crippen molar-refractivity contribution in [1.82, 2.24) is 9.97 Å². The van der Waals surface area contributed by atoms with Gasteiger partial charge in [0.25, 0.3) is 0 Å². The molecule has 1 aliphatic carbocycles. The summed E-state index contributed by atoms with van der Waals surface area (Å²) >= 11 is 1.61. The molecule has 1 aromatic carbocycles. The molecule has 0 amide bonds. The number of nitrogens with one attached hydrogen (secondary N) is 3. The Balaban J connectivity index is 1.58. The second-order valence-electron chi connectivity index (χ2n) is 7.31. The highest BCUT2D eigenvalue weighted by molar-refractivity contribution is 7.93. The molecule has 7 nitrogen and oxygen atoms in total. The lowest BCUT2D eigenvalue weighted by molar-refractivity contribution is 0.271. The Kier molecular flexibility index (Phi) is 6.03. The van der Waals surface area contributed by atoms with Gasteiger partial charge in [0.15, 0.2) is 0 Å². The SMILES string of the molecule is CC[C@H](CO)Nc1nc(Nc2ccc([S@](=N)(=O)C3CC3)cc2)ncc1-c1cccs1. The van der Waals surface area contributed by atoms with Crippen molar-refractivity contribution in [3.63, 3.8) is 0 Å². The van der Waals surface area contributed by atoms with Crippen molar-refractivity contribution >= 4 is 38.5 Å². The van der Waals surface area contributed by atoms with Crippen molar-refractivity contribution < 1.29 is 9.32 Å². The number of aliphatic hydroxyl groups excluding tert-OH is 1. The minimum absolute atomic E-state index is 0.00360. The second kappa shape index (κ2) is 8.71. The number of nitrogens with zero attached hydrogens (tertiary/aromatic N) is 2. The summed E-state index contributed by atoms with van der Waals surface area (Å²) in [6.45, 7) is 2.02. The molecule has 2 aromatic heterocycles. The van der Waals surface area contributed by atoms with Crippen LogP contribution in [0.4, 0.5) is 17.5 Å². The summed E-state index contributed by atoms with van der Waals surface area (Å²) in [5, 5.41) is 18.1. The molecular weight excluding hydrogens is 418 g/mol. The van der Waals surface area contributed by atoms with Crippen molar-refractivity contribution in [3.05, 3.63) is 48.0 Å². The highest BCUT2D eigenvalue weighted by atomic mass is 32.2. The van der Waals surface area contributed by atoms with Crippen LogP contribution in [0.15, 0.2) is 52.9 Å². The van der Waals surface area contributed by atoms with Gasteiger partial charge in [-0.05, 0) is 55.0 Å². The maximum atomic E-state index is 12.6. The van der Waals surface area contributed by atoms with E-state index in [1.165, 1.54) is 0 Å². The average molecular weight is 444 g/mol. The lowest BCUT2D eigenvalue weighted by Crippen LogP contribution is -2.23. The monoisotopic (exact) mass is 443 g/mol. The van der Waals surface area contributed by atoms with Gasteiger partial charge in [-0.1, -0.05) is 13.0 Å². The van der Waals surface area contributed by atoms with Gasteiger partial charge >= 0.3 is 0 Å². The van der Waals surface area contributed by atoms with E-state index >= 15 is 0 Å². The molecule has 0 spiro atoms. The van der Waals surface area contributed by atoms with Gasteiger partial charge in [-0.3, -0.25) is 0 Å². The second-order valence-corrected chi connectivity index (χ2v) is 10.6. The number of benzene rings is 1. The van der Waals surface area contributed by atoms with Crippen LogP contribution < -0.4 is 10.6 Å². The fourth-order valence-electron chi connectivity index (χ4n) is 3.10. The van der Waals surface area contributed by atoms with Crippen molar-refractivity contribution in [2.45, 2.75) is 42.4 Å². The van der Waals surface area contributed by atoms with E-state index in [0.717, 1.165) is 35.4 Å². The number of thiophene rings is 1. The molecule has 0 radical (unpaired) electrons. The van der Waals surface area contributed by atoms with Crippen molar-refractivity contribution in [2.75, 3.05) is 17.2 Å². The molecule has 4 N–H and O–H groups in total. The fourth-order valence-corrected chi connectivity index (χ4v) is 5.56. The quantitative estimate of drug-likeness (QED) is 0.381. The third-order valence-electron chi connectivity index (χ3n) is 5.08. The van der Waals surface area contributed by atoms with Gasteiger partial charge < -0.3 is 15.7 Å². The smallest absolute Gasteiger partial charge is 0.229 e. The Bertz CT molecular complexity index is 1090. The van der Waals surface area contributed by atoms with Crippen LogP contribution in [0.25, 0.3) is 10.4 Å². The zero-order valence-corrected chi connectivity index (χ0v) is 18.3. The van der Waals surface area contributed by atoms with Gasteiger partial charge in [-0.2, -0.15) is 4.98 Å². The number of aromatic nitrogens is 2. The van der Waals surface area contributed by atoms with Crippen LogP contribution in [0.5, 0.6) is 0 Å². The Hall–Kier alpha value is -2.49. The molecule has 4 rings (SSSR count). The maximum Gasteiger partial charge on any atom is 0.229 e. The Morgan fingerprint density at radius 2 is 2.07 bits per heavy atom. The van der Waals surface area contributed by atoms with Crippen LogP contribution in [0.2, 0.25) is 0 Å². The van der Waals surface area contributed by atoms with Gasteiger partial charge in [0, 0.05) is 26.9 Å². The van der Waals surface area contributed by atoms with Crippen LogP contribution in [0.1, 0.15) is 26.2 Å². The Labute approximate surface area is 180 Å². The number of hydrogen-bond donors (Lipinski definition) is 4. The number of hydrogen-bond acceptors (Lipinski definition) is 8. The molecule has 1 saturated carbocycles. The van der Waals surface area contributed by atoms with E-state index in [1.54, 1.807) is 41.8 Å². The Morgan fingerprint density at radius 1 is 1.30 bits per heavy atom. The lowest BCUT2D eigenvalue weighted by Gasteiger charge is -2.18. The summed E-state index contributed by atoms with van der Waals surface area (Å²) in [5.41, 5.74) is 1.64.